The largest absolute Gasteiger partial charge is 0.397 e. The highest BCUT2D eigenvalue weighted by Gasteiger charge is 2.10. The summed E-state index contributed by atoms with van der Waals surface area (Å²) in [6, 6.07) is 11.0. The predicted octanol–water partition coefficient (Wildman–Crippen LogP) is 3.02. The van der Waals surface area contributed by atoms with Gasteiger partial charge in [-0.1, -0.05) is 38.1 Å². The van der Waals surface area contributed by atoms with Gasteiger partial charge in [-0.3, -0.25) is 9.78 Å². The van der Waals surface area contributed by atoms with Crippen molar-refractivity contribution in [3.8, 4) is 0 Å². The smallest absolute Gasteiger partial charge is 0.211 e. The minimum Gasteiger partial charge on any atom is -0.397 e. The zero-order valence-corrected chi connectivity index (χ0v) is 10.6. The molecule has 3 nitrogen and oxygen atoms in total. The van der Waals surface area contributed by atoms with Crippen molar-refractivity contribution in [2.45, 2.75) is 19.8 Å². The maximum atomic E-state index is 12.1. The number of rotatable bonds is 3. The summed E-state index contributed by atoms with van der Waals surface area (Å²) in [7, 11) is 0. The molecule has 0 atom stereocenters. The Kier molecular flexibility index (Phi) is 3.42. The van der Waals surface area contributed by atoms with Gasteiger partial charge >= 0.3 is 0 Å². The van der Waals surface area contributed by atoms with Crippen LogP contribution < -0.4 is 5.73 Å². The zero-order chi connectivity index (χ0) is 13.1. The van der Waals surface area contributed by atoms with Crippen LogP contribution in [0.15, 0.2) is 42.6 Å². The molecule has 0 unspecified atom stereocenters. The SMILES string of the molecule is CC(C)c1ccc(C(=O)c2ccc(N)cn2)cc1. The Labute approximate surface area is 107 Å². The van der Waals surface area contributed by atoms with E-state index in [9.17, 15) is 4.79 Å². The number of nitrogens with zero attached hydrogens (tertiary/aromatic N) is 1. The van der Waals surface area contributed by atoms with Gasteiger partial charge in [0.15, 0.2) is 0 Å². The second-order valence-electron chi connectivity index (χ2n) is 4.58. The highest BCUT2D eigenvalue weighted by atomic mass is 16.1. The third-order valence-electron chi connectivity index (χ3n) is 2.86. The normalized spacial score (nSPS) is 10.6. The van der Waals surface area contributed by atoms with E-state index in [2.05, 4.69) is 18.8 Å². The van der Waals surface area contributed by atoms with E-state index < -0.39 is 0 Å². The molecular formula is C15H16N2O. The maximum absolute atomic E-state index is 12.1. The Hall–Kier alpha value is -2.16. The minimum absolute atomic E-state index is 0.0784. The minimum atomic E-state index is -0.0784. The number of nitrogens with two attached hydrogens (primary N) is 1. The molecule has 0 spiro atoms. The highest BCUT2D eigenvalue weighted by Crippen LogP contribution is 2.16. The van der Waals surface area contributed by atoms with Crippen molar-refractivity contribution in [3.63, 3.8) is 0 Å². The standard InChI is InChI=1S/C15H16N2O/c1-10(2)11-3-5-12(6-4-11)15(18)14-8-7-13(16)9-17-14/h3-10H,16H2,1-2H3. The number of hydrogen-bond donors (Lipinski definition) is 1. The number of ketones is 1. The quantitative estimate of drug-likeness (QED) is 0.839. The van der Waals surface area contributed by atoms with E-state index in [-0.39, 0.29) is 5.78 Å². The summed E-state index contributed by atoms with van der Waals surface area (Å²) in [5.74, 6) is 0.383. The molecule has 0 radical (unpaired) electrons. The van der Waals surface area contributed by atoms with Gasteiger partial charge in [-0.25, -0.2) is 0 Å². The summed E-state index contributed by atoms with van der Waals surface area (Å²) >= 11 is 0. The average molecular weight is 240 g/mol. The first kappa shape index (κ1) is 12.3. The third kappa shape index (κ3) is 2.56. The number of pyridine rings is 1. The van der Waals surface area contributed by atoms with E-state index in [0.29, 0.717) is 22.9 Å². The van der Waals surface area contributed by atoms with Crippen molar-refractivity contribution in [2.75, 3.05) is 5.73 Å². The van der Waals surface area contributed by atoms with Crippen molar-refractivity contribution in [1.29, 1.82) is 0 Å². The van der Waals surface area contributed by atoms with Crippen LogP contribution in [0.4, 0.5) is 5.69 Å². The van der Waals surface area contributed by atoms with E-state index in [1.54, 1.807) is 12.1 Å². The number of carbonyl (C=O) groups excluding carboxylic acids is 1. The molecule has 0 amide bonds. The summed E-state index contributed by atoms with van der Waals surface area (Å²) in [5.41, 5.74) is 8.39. The molecule has 2 N–H and O–H groups in total. The first-order valence-corrected chi connectivity index (χ1v) is 5.94. The number of aromatic nitrogens is 1. The van der Waals surface area contributed by atoms with E-state index in [0.717, 1.165) is 0 Å². The van der Waals surface area contributed by atoms with Crippen LogP contribution in [0.3, 0.4) is 0 Å². The molecule has 2 rings (SSSR count). The fourth-order valence-electron chi connectivity index (χ4n) is 1.71. The molecule has 1 heterocycles. The number of nitrogen functional groups attached to an aromatic ring is 1. The van der Waals surface area contributed by atoms with Crippen LogP contribution in [-0.2, 0) is 0 Å². The van der Waals surface area contributed by atoms with Gasteiger partial charge in [0, 0.05) is 5.56 Å². The van der Waals surface area contributed by atoms with Gasteiger partial charge in [0.25, 0.3) is 0 Å². The van der Waals surface area contributed by atoms with Crippen LogP contribution in [0.2, 0.25) is 0 Å². The molecule has 0 saturated carbocycles. The molecule has 0 aliphatic carbocycles. The fourth-order valence-corrected chi connectivity index (χ4v) is 1.71. The molecule has 0 fully saturated rings. The summed E-state index contributed by atoms with van der Waals surface area (Å²) in [5, 5.41) is 0. The molecule has 1 aromatic heterocycles. The maximum Gasteiger partial charge on any atom is 0.211 e. The molecule has 3 heteroatoms. The Morgan fingerprint density at radius 1 is 1.11 bits per heavy atom. The van der Waals surface area contributed by atoms with Gasteiger partial charge in [0.2, 0.25) is 5.78 Å². The van der Waals surface area contributed by atoms with E-state index in [1.165, 1.54) is 11.8 Å². The summed E-state index contributed by atoms with van der Waals surface area (Å²) in [6.45, 7) is 4.25. The van der Waals surface area contributed by atoms with E-state index in [4.69, 9.17) is 5.73 Å². The summed E-state index contributed by atoms with van der Waals surface area (Å²) in [6.07, 6.45) is 1.50. The lowest BCUT2D eigenvalue weighted by atomic mass is 9.99. The second kappa shape index (κ2) is 5.00. The van der Waals surface area contributed by atoms with E-state index in [1.807, 2.05) is 24.3 Å². The molecule has 0 aliphatic heterocycles. The van der Waals surface area contributed by atoms with Crippen molar-refractivity contribution in [1.82, 2.24) is 4.98 Å². The fraction of sp³-hybridized carbons (Fsp3) is 0.200. The van der Waals surface area contributed by atoms with Crippen LogP contribution in [0.25, 0.3) is 0 Å². The Morgan fingerprint density at radius 2 is 1.78 bits per heavy atom. The van der Waals surface area contributed by atoms with Crippen molar-refractivity contribution >= 4 is 11.5 Å². The van der Waals surface area contributed by atoms with Gasteiger partial charge in [0.1, 0.15) is 5.69 Å². The molecule has 92 valence electrons. The molecule has 0 aliphatic rings. The molecule has 18 heavy (non-hydrogen) atoms. The van der Waals surface area contributed by atoms with Crippen molar-refractivity contribution < 1.29 is 4.79 Å². The Balaban J connectivity index is 2.26. The number of carbonyl (C=O) groups is 1. The molecule has 0 bridgehead atoms. The lowest BCUT2D eigenvalue weighted by molar-refractivity contribution is 0.103. The van der Waals surface area contributed by atoms with Gasteiger partial charge in [-0.15, -0.1) is 0 Å². The monoisotopic (exact) mass is 240 g/mol. The van der Waals surface area contributed by atoms with Crippen molar-refractivity contribution in [2.24, 2.45) is 0 Å². The number of hydrogen-bond acceptors (Lipinski definition) is 3. The first-order valence-electron chi connectivity index (χ1n) is 5.94. The predicted molar refractivity (Wildman–Crippen MR) is 72.6 cm³/mol. The average Bonchev–Trinajstić information content (AvgIpc) is 2.39. The Morgan fingerprint density at radius 3 is 2.28 bits per heavy atom. The lowest BCUT2D eigenvalue weighted by Crippen LogP contribution is -2.04. The van der Waals surface area contributed by atoms with Crippen LogP contribution >= 0.6 is 0 Å². The molecule has 2 aromatic rings. The van der Waals surface area contributed by atoms with Crippen LogP contribution in [-0.4, -0.2) is 10.8 Å². The summed E-state index contributed by atoms with van der Waals surface area (Å²) < 4.78 is 0. The van der Waals surface area contributed by atoms with Gasteiger partial charge < -0.3 is 5.73 Å². The highest BCUT2D eigenvalue weighted by molar-refractivity contribution is 6.07. The lowest BCUT2D eigenvalue weighted by Gasteiger charge is -2.06. The van der Waals surface area contributed by atoms with Crippen LogP contribution in [0.5, 0.6) is 0 Å². The van der Waals surface area contributed by atoms with Gasteiger partial charge in [-0.2, -0.15) is 0 Å². The van der Waals surface area contributed by atoms with E-state index >= 15 is 0 Å². The Bertz CT molecular complexity index is 542. The van der Waals surface area contributed by atoms with Crippen LogP contribution in [0, 0.1) is 0 Å². The third-order valence-corrected chi connectivity index (χ3v) is 2.86. The van der Waals surface area contributed by atoms with Crippen LogP contribution in [0.1, 0.15) is 41.4 Å². The molecular weight excluding hydrogens is 224 g/mol. The van der Waals surface area contributed by atoms with Gasteiger partial charge in [0.05, 0.1) is 11.9 Å². The summed E-state index contributed by atoms with van der Waals surface area (Å²) in [4.78, 5) is 16.2. The number of benzene rings is 1. The van der Waals surface area contributed by atoms with Crippen molar-refractivity contribution in [3.05, 3.63) is 59.4 Å². The zero-order valence-electron chi connectivity index (χ0n) is 10.6. The first-order chi connectivity index (χ1) is 8.58. The molecule has 1 aromatic carbocycles. The second-order valence-corrected chi connectivity index (χ2v) is 4.58. The molecule has 0 saturated heterocycles. The number of anilines is 1. The van der Waals surface area contributed by atoms with Gasteiger partial charge in [-0.05, 0) is 23.6 Å². The topological polar surface area (TPSA) is 56.0 Å².